The lowest BCUT2D eigenvalue weighted by Crippen LogP contribution is -2.29. The summed E-state index contributed by atoms with van der Waals surface area (Å²) < 4.78 is 73.9. The molecular formula is C2H2F4O4S. The van der Waals surface area contributed by atoms with Gasteiger partial charge in [-0.1, -0.05) is 0 Å². The van der Waals surface area contributed by atoms with Crippen molar-refractivity contribution in [2.24, 2.45) is 0 Å². The Hall–Kier alpha value is -0.410. The first kappa shape index (κ1) is 10.6. The largest absolute Gasteiger partial charge is 0.446 e. The summed E-state index contributed by atoms with van der Waals surface area (Å²) in [5.41, 5.74) is 0. The Morgan fingerprint density at radius 3 is 1.82 bits per heavy atom. The van der Waals surface area contributed by atoms with E-state index in [9.17, 15) is 26.0 Å². The van der Waals surface area contributed by atoms with Crippen molar-refractivity contribution in [1.82, 2.24) is 0 Å². The SMILES string of the molecule is O=S(=O)(O)OC(F)C(F)(F)F. The second kappa shape index (κ2) is 2.91. The monoisotopic (exact) mass is 198 g/mol. The second-order valence-corrected chi connectivity index (χ2v) is 2.43. The van der Waals surface area contributed by atoms with Crippen LogP contribution in [0.5, 0.6) is 0 Å². The first-order chi connectivity index (χ1) is 4.63. The summed E-state index contributed by atoms with van der Waals surface area (Å²) in [6.45, 7) is 0. The predicted molar refractivity (Wildman–Crippen MR) is 23.6 cm³/mol. The Morgan fingerprint density at radius 2 is 1.73 bits per heavy atom. The van der Waals surface area contributed by atoms with Crippen LogP contribution in [-0.4, -0.2) is 25.5 Å². The Balaban J connectivity index is 4.21. The van der Waals surface area contributed by atoms with Crippen LogP contribution in [0.25, 0.3) is 0 Å². The fourth-order valence-corrected chi connectivity index (χ4v) is 0.484. The van der Waals surface area contributed by atoms with E-state index in [0.29, 0.717) is 0 Å². The van der Waals surface area contributed by atoms with Crippen molar-refractivity contribution in [3.63, 3.8) is 0 Å². The highest BCUT2D eigenvalue weighted by Crippen LogP contribution is 2.24. The molecule has 1 unspecified atom stereocenters. The zero-order chi connectivity index (χ0) is 9.28. The van der Waals surface area contributed by atoms with Gasteiger partial charge in [-0.15, -0.1) is 0 Å². The van der Waals surface area contributed by atoms with Crippen molar-refractivity contribution in [2.45, 2.75) is 12.5 Å². The molecule has 0 spiro atoms. The Labute approximate surface area is 58.7 Å². The lowest BCUT2D eigenvalue weighted by molar-refractivity contribution is -0.236. The van der Waals surface area contributed by atoms with Crippen molar-refractivity contribution < 1.29 is 34.7 Å². The molecule has 0 saturated carbocycles. The molecule has 4 nitrogen and oxygen atoms in total. The molecule has 68 valence electrons. The minimum absolute atomic E-state index is 2.54. The van der Waals surface area contributed by atoms with E-state index in [1.54, 1.807) is 0 Å². The fraction of sp³-hybridized carbons (Fsp3) is 1.00. The minimum Gasteiger partial charge on any atom is -0.263 e. The van der Waals surface area contributed by atoms with Gasteiger partial charge in [0.05, 0.1) is 0 Å². The van der Waals surface area contributed by atoms with Crippen LogP contribution in [0, 0.1) is 0 Å². The van der Waals surface area contributed by atoms with E-state index in [1.807, 2.05) is 0 Å². The van der Waals surface area contributed by atoms with Gasteiger partial charge in [-0.05, 0) is 0 Å². The van der Waals surface area contributed by atoms with E-state index < -0.39 is 22.9 Å². The van der Waals surface area contributed by atoms with E-state index in [0.717, 1.165) is 0 Å². The first-order valence-electron chi connectivity index (χ1n) is 1.99. The zero-order valence-corrected chi connectivity index (χ0v) is 5.49. The molecule has 0 fully saturated rings. The minimum atomic E-state index is -5.46. The molecule has 0 radical (unpaired) electrons. The van der Waals surface area contributed by atoms with Crippen LogP contribution < -0.4 is 0 Å². The van der Waals surface area contributed by atoms with E-state index in [1.165, 1.54) is 0 Å². The number of alkyl halides is 4. The Morgan fingerprint density at radius 1 is 1.36 bits per heavy atom. The third kappa shape index (κ3) is 4.93. The first-order valence-corrected chi connectivity index (χ1v) is 3.36. The Bertz CT molecular complexity index is 217. The highest BCUT2D eigenvalue weighted by Gasteiger charge is 2.44. The lowest BCUT2D eigenvalue weighted by atomic mass is 10.7. The summed E-state index contributed by atoms with van der Waals surface area (Å²) in [4.78, 5) is 0. The van der Waals surface area contributed by atoms with Gasteiger partial charge in [-0.25, -0.2) is 8.57 Å². The van der Waals surface area contributed by atoms with Crippen LogP contribution in [-0.2, 0) is 14.6 Å². The van der Waals surface area contributed by atoms with E-state index in [-0.39, 0.29) is 0 Å². The van der Waals surface area contributed by atoms with Gasteiger partial charge in [-0.3, -0.25) is 4.55 Å². The molecule has 0 aliphatic carbocycles. The Kier molecular flexibility index (Phi) is 2.80. The molecule has 0 aliphatic rings. The standard InChI is InChI=1S/C2H2F4O4S/c3-1(2(4,5)6)10-11(7,8)9/h1H,(H,7,8,9). The van der Waals surface area contributed by atoms with Crippen molar-refractivity contribution >= 4 is 10.4 Å². The summed E-state index contributed by atoms with van der Waals surface area (Å²) in [5, 5.41) is 0. The second-order valence-electron chi connectivity index (χ2n) is 1.38. The predicted octanol–water partition coefficient (Wildman–Crippen LogP) is 0.664. The molecular weight excluding hydrogens is 196 g/mol. The van der Waals surface area contributed by atoms with Gasteiger partial charge in [-0.2, -0.15) is 21.6 Å². The molecule has 9 heteroatoms. The van der Waals surface area contributed by atoms with E-state index in [4.69, 9.17) is 4.55 Å². The van der Waals surface area contributed by atoms with Crippen LogP contribution in [0.1, 0.15) is 0 Å². The van der Waals surface area contributed by atoms with Crippen molar-refractivity contribution in [1.29, 1.82) is 0 Å². The fourth-order valence-electron chi connectivity index (χ4n) is 0.161. The summed E-state index contributed by atoms with van der Waals surface area (Å²) in [7, 11) is -5.40. The smallest absolute Gasteiger partial charge is 0.263 e. The van der Waals surface area contributed by atoms with Crippen LogP contribution in [0.4, 0.5) is 17.6 Å². The summed E-state index contributed by atoms with van der Waals surface area (Å²) >= 11 is 0. The number of hydrogen-bond donors (Lipinski definition) is 1. The van der Waals surface area contributed by atoms with Gasteiger partial charge < -0.3 is 0 Å². The van der Waals surface area contributed by atoms with Crippen LogP contribution in [0.3, 0.4) is 0 Å². The van der Waals surface area contributed by atoms with Gasteiger partial charge >= 0.3 is 22.9 Å². The van der Waals surface area contributed by atoms with Crippen molar-refractivity contribution in [2.75, 3.05) is 0 Å². The van der Waals surface area contributed by atoms with E-state index in [2.05, 4.69) is 4.18 Å². The molecule has 0 aliphatic heterocycles. The molecule has 0 aromatic rings. The highest BCUT2D eigenvalue weighted by molar-refractivity contribution is 7.80. The lowest BCUT2D eigenvalue weighted by Gasteiger charge is -2.09. The van der Waals surface area contributed by atoms with Gasteiger partial charge in [0.25, 0.3) is 0 Å². The average molecular weight is 198 g/mol. The molecule has 0 aromatic heterocycles. The van der Waals surface area contributed by atoms with Crippen LogP contribution >= 0.6 is 0 Å². The van der Waals surface area contributed by atoms with Gasteiger partial charge in [0.2, 0.25) is 0 Å². The van der Waals surface area contributed by atoms with Gasteiger partial charge in [0, 0.05) is 0 Å². The molecule has 1 N–H and O–H groups in total. The molecule has 11 heavy (non-hydrogen) atoms. The van der Waals surface area contributed by atoms with Crippen molar-refractivity contribution in [3.8, 4) is 0 Å². The summed E-state index contributed by atoms with van der Waals surface area (Å²) in [6, 6.07) is 0. The van der Waals surface area contributed by atoms with Gasteiger partial charge in [0.1, 0.15) is 0 Å². The van der Waals surface area contributed by atoms with E-state index >= 15 is 0 Å². The molecule has 1 atom stereocenters. The highest BCUT2D eigenvalue weighted by atomic mass is 32.3. The molecule has 0 aromatic carbocycles. The molecule has 0 rings (SSSR count). The van der Waals surface area contributed by atoms with Crippen LogP contribution in [0.2, 0.25) is 0 Å². The summed E-state index contributed by atoms with van der Waals surface area (Å²) in [6.07, 6.45) is -9.49. The maximum absolute atomic E-state index is 11.5. The maximum Gasteiger partial charge on any atom is 0.446 e. The number of halogens is 4. The average Bonchev–Trinajstić information content (AvgIpc) is 1.56. The third-order valence-corrected chi connectivity index (χ3v) is 0.876. The molecule has 0 saturated heterocycles. The normalized spacial score (nSPS) is 16.5. The zero-order valence-electron chi connectivity index (χ0n) is 4.67. The van der Waals surface area contributed by atoms with Gasteiger partial charge in [0.15, 0.2) is 0 Å². The summed E-state index contributed by atoms with van der Waals surface area (Å²) in [5.74, 6) is 0. The number of rotatable bonds is 2. The maximum atomic E-state index is 11.5. The number of hydrogen-bond acceptors (Lipinski definition) is 3. The molecule has 0 heterocycles. The third-order valence-electron chi connectivity index (χ3n) is 0.463. The van der Waals surface area contributed by atoms with Crippen molar-refractivity contribution in [3.05, 3.63) is 0 Å². The molecule has 0 bridgehead atoms. The quantitative estimate of drug-likeness (QED) is 0.523. The topological polar surface area (TPSA) is 63.6 Å². The van der Waals surface area contributed by atoms with Crippen LogP contribution in [0.15, 0.2) is 0 Å². The molecule has 0 amide bonds.